The maximum Gasteiger partial charge on any atom is 0.132 e. The number of hydrogen-bond acceptors (Lipinski definition) is 3. The van der Waals surface area contributed by atoms with Crippen LogP contribution in [0.3, 0.4) is 0 Å². The number of nitrogens with two attached hydrogens (primary N) is 2. The van der Waals surface area contributed by atoms with E-state index in [0.717, 1.165) is 15.9 Å². The number of imidazole rings is 1. The summed E-state index contributed by atoms with van der Waals surface area (Å²) in [6, 6.07) is 3.74. The number of hydrogen-bond donors (Lipinski definition) is 2. The summed E-state index contributed by atoms with van der Waals surface area (Å²) in [6.07, 6.45) is 1.81. The number of pyridine rings is 1. The lowest BCUT2D eigenvalue weighted by molar-refractivity contribution is 0.902. The molecule has 0 radical (unpaired) electrons. The van der Waals surface area contributed by atoms with Crippen LogP contribution in [-0.2, 0) is 6.54 Å². The first-order valence-corrected chi connectivity index (χ1v) is 4.63. The average Bonchev–Trinajstić information content (AvgIpc) is 2.42. The fraction of sp³-hybridized carbons (Fsp3) is 0.125. The molecule has 68 valence electrons. The molecule has 0 aliphatic carbocycles. The van der Waals surface area contributed by atoms with Crippen LogP contribution in [0.5, 0.6) is 0 Å². The predicted octanol–water partition coefficient (Wildman–Crippen LogP) is 1.14. The van der Waals surface area contributed by atoms with Crippen LogP contribution in [-0.4, -0.2) is 9.38 Å². The van der Waals surface area contributed by atoms with E-state index < -0.39 is 0 Å². The first-order chi connectivity index (χ1) is 6.22. The van der Waals surface area contributed by atoms with Crippen molar-refractivity contribution in [1.29, 1.82) is 0 Å². The highest BCUT2D eigenvalue weighted by Crippen LogP contribution is 2.19. The highest BCUT2D eigenvalue weighted by molar-refractivity contribution is 9.10. The number of nitrogens with zero attached hydrogens (tertiary/aromatic N) is 2. The largest absolute Gasteiger partial charge is 0.398 e. The fourth-order valence-corrected chi connectivity index (χ4v) is 1.80. The molecule has 0 saturated heterocycles. The molecule has 13 heavy (non-hydrogen) atoms. The number of fused-ring (bicyclic) bond motifs is 1. The summed E-state index contributed by atoms with van der Waals surface area (Å²) < 4.78 is 2.69. The van der Waals surface area contributed by atoms with E-state index in [1.807, 2.05) is 22.7 Å². The Bertz CT molecular complexity index is 449. The Morgan fingerprint density at radius 3 is 2.92 bits per heavy atom. The Morgan fingerprint density at radius 1 is 1.46 bits per heavy atom. The fourth-order valence-electron chi connectivity index (χ4n) is 1.27. The standard InChI is InChI=1S/C8H9BrN4/c9-8-6-2-1-5(11)4-13(6)7(3-10)12-8/h1-2,4H,3,10-11H2. The van der Waals surface area contributed by atoms with Gasteiger partial charge in [-0.2, -0.15) is 0 Å². The Hall–Kier alpha value is -1.07. The average molecular weight is 241 g/mol. The van der Waals surface area contributed by atoms with Crippen LogP contribution in [0.25, 0.3) is 5.52 Å². The summed E-state index contributed by atoms with van der Waals surface area (Å²) in [7, 11) is 0. The van der Waals surface area contributed by atoms with Crippen LogP contribution in [0.1, 0.15) is 5.82 Å². The summed E-state index contributed by atoms with van der Waals surface area (Å²) in [5.74, 6) is 0.800. The summed E-state index contributed by atoms with van der Waals surface area (Å²) in [5.41, 5.74) is 12.9. The van der Waals surface area contributed by atoms with Gasteiger partial charge in [0.05, 0.1) is 12.1 Å². The second kappa shape index (κ2) is 3.01. The Morgan fingerprint density at radius 2 is 2.23 bits per heavy atom. The number of anilines is 1. The van der Waals surface area contributed by atoms with E-state index in [-0.39, 0.29) is 0 Å². The summed E-state index contributed by atoms with van der Waals surface area (Å²) in [4.78, 5) is 4.25. The third-order valence-electron chi connectivity index (χ3n) is 1.87. The molecule has 0 aromatic carbocycles. The predicted molar refractivity (Wildman–Crippen MR) is 55.2 cm³/mol. The van der Waals surface area contributed by atoms with Crippen molar-refractivity contribution in [1.82, 2.24) is 9.38 Å². The van der Waals surface area contributed by atoms with E-state index in [1.165, 1.54) is 0 Å². The molecule has 0 aliphatic heterocycles. The lowest BCUT2D eigenvalue weighted by Crippen LogP contribution is -2.02. The summed E-state index contributed by atoms with van der Waals surface area (Å²) in [5, 5.41) is 0. The molecule has 2 aromatic rings. The highest BCUT2D eigenvalue weighted by atomic mass is 79.9. The number of nitrogen functional groups attached to an aromatic ring is 1. The smallest absolute Gasteiger partial charge is 0.132 e. The van der Waals surface area contributed by atoms with Gasteiger partial charge in [0.25, 0.3) is 0 Å². The molecule has 5 heteroatoms. The first kappa shape index (κ1) is 8.52. The van der Waals surface area contributed by atoms with Crippen molar-refractivity contribution < 1.29 is 0 Å². The highest BCUT2D eigenvalue weighted by Gasteiger charge is 2.06. The van der Waals surface area contributed by atoms with Gasteiger partial charge in [-0.05, 0) is 28.1 Å². The molecular weight excluding hydrogens is 232 g/mol. The Balaban J connectivity index is 2.81. The topological polar surface area (TPSA) is 69.3 Å². The quantitative estimate of drug-likeness (QED) is 0.786. The second-order valence-electron chi connectivity index (χ2n) is 2.74. The zero-order chi connectivity index (χ0) is 9.42. The van der Waals surface area contributed by atoms with Crippen LogP contribution < -0.4 is 11.5 Å². The molecule has 0 atom stereocenters. The first-order valence-electron chi connectivity index (χ1n) is 3.84. The van der Waals surface area contributed by atoms with Crippen molar-refractivity contribution in [2.75, 3.05) is 5.73 Å². The summed E-state index contributed by atoms with van der Waals surface area (Å²) in [6.45, 7) is 0.399. The van der Waals surface area contributed by atoms with Gasteiger partial charge in [-0.3, -0.25) is 4.40 Å². The Kier molecular flexibility index (Phi) is 1.97. The maximum atomic E-state index is 5.65. The maximum absolute atomic E-state index is 5.65. The number of aromatic nitrogens is 2. The van der Waals surface area contributed by atoms with Gasteiger partial charge in [0.2, 0.25) is 0 Å². The van der Waals surface area contributed by atoms with Gasteiger partial charge in [0, 0.05) is 11.9 Å². The van der Waals surface area contributed by atoms with Crippen LogP contribution >= 0.6 is 15.9 Å². The van der Waals surface area contributed by atoms with Gasteiger partial charge in [-0.25, -0.2) is 4.98 Å². The lowest BCUT2D eigenvalue weighted by atomic mass is 10.4. The molecule has 2 heterocycles. The van der Waals surface area contributed by atoms with Crippen molar-refractivity contribution in [3.8, 4) is 0 Å². The van der Waals surface area contributed by atoms with Crippen LogP contribution in [0, 0.1) is 0 Å². The molecule has 0 spiro atoms. The van der Waals surface area contributed by atoms with Gasteiger partial charge in [0.15, 0.2) is 0 Å². The minimum atomic E-state index is 0.399. The van der Waals surface area contributed by atoms with Crippen LogP contribution in [0.2, 0.25) is 0 Å². The number of rotatable bonds is 1. The molecule has 0 amide bonds. The van der Waals surface area contributed by atoms with Gasteiger partial charge < -0.3 is 11.5 Å². The lowest BCUT2D eigenvalue weighted by Gasteiger charge is -1.98. The number of halogens is 1. The van der Waals surface area contributed by atoms with Crippen molar-refractivity contribution in [3.63, 3.8) is 0 Å². The third kappa shape index (κ3) is 1.30. The second-order valence-corrected chi connectivity index (χ2v) is 3.49. The van der Waals surface area contributed by atoms with Crippen LogP contribution in [0.4, 0.5) is 5.69 Å². The molecule has 0 fully saturated rings. The SMILES string of the molecule is NCc1nc(Br)c2ccc(N)cn12. The minimum Gasteiger partial charge on any atom is -0.398 e. The molecule has 0 unspecified atom stereocenters. The zero-order valence-electron chi connectivity index (χ0n) is 6.87. The molecule has 0 aliphatic rings. The monoisotopic (exact) mass is 240 g/mol. The normalized spacial score (nSPS) is 10.9. The van der Waals surface area contributed by atoms with Crippen molar-refractivity contribution in [2.24, 2.45) is 5.73 Å². The molecule has 2 aromatic heterocycles. The minimum absolute atomic E-state index is 0.399. The van der Waals surface area contributed by atoms with E-state index in [0.29, 0.717) is 12.2 Å². The van der Waals surface area contributed by atoms with Gasteiger partial charge >= 0.3 is 0 Å². The van der Waals surface area contributed by atoms with Crippen LogP contribution in [0.15, 0.2) is 22.9 Å². The van der Waals surface area contributed by atoms with E-state index in [9.17, 15) is 0 Å². The van der Waals surface area contributed by atoms with Crippen molar-refractivity contribution in [2.45, 2.75) is 6.54 Å². The van der Waals surface area contributed by atoms with Gasteiger partial charge in [-0.15, -0.1) is 0 Å². The van der Waals surface area contributed by atoms with Gasteiger partial charge in [-0.1, -0.05) is 0 Å². The van der Waals surface area contributed by atoms with E-state index in [2.05, 4.69) is 20.9 Å². The third-order valence-corrected chi connectivity index (χ3v) is 2.45. The van der Waals surface area contributed by atoms with Gasteiger partial charge in [0.1, 0.15) is 10.4 Å². The van der Waals surface area contributed by atoms with Crippen molar-refractivity contribution in [3.05, 3.63) is 28.8 Å². The molecule has 0 bridgehead atoms. The zero-order valence-corrected chi connectivity index (χ0v) is 8.45. The molecule has 4 nitrogen and oxygen atoms in total. The molecular formula is C8H9BrN4. The van der Waals surface area contributed by atoms with E-state index in [1.54, 1.807) is 0 Å². The molecule has 4 N–H and O–H groups in total. The van der Waals surface area contributed by atoms with Crippen molar-refractivity contribution >= 4 is 27.1 Å². The molecule has 2 rings (SSSR count). The summed E-state index contributed by atoms with van der Waals surface area (Å²) >= 11 is 3.35. The van der Waals surface area contributed by atoms with E-state index >= 15 is 0 Å². The molecule has 0 saturated carbocycles. The Labute approximate surface area is 83.7 Å². The van der Waals surface area contributed by atoms with E-state index in [4.69, 9.17) is 11.5 Å².